The van der Waals surface area contributed by atoms with Gasteiger partial charge >= 0.3 is 5.97 Å². The van der Waals surface area contributed by atoms with Crippen molar-refractivity contribution >= 4 is 39.4 Å². The number of hydrogen-bond acceptors (Lipinski definition) is 6. The number of phenolic OH excluding ortho intramolecular Hbond substituents is 1. The van der Waals surface area contributed by atoms with Crippen molar-refractivity contribution in [1.29, 1.82) is 0 Å². The van der Waals surface area contributed by atoms with Crippen molar-refractivity contribution in [2.75, 3.05) is 25.7 Å². The predicted molar refractivity (Wildman–Crippen MR) is 120 cm³/mol. The number of ether oxygens (including phenoxy) is 2. The number of nitrogens with one attached hydrogen (secondary N) is 1. The Bertz CT molecular complexity index is 1420. The Morgan fingerprint density at radius 2 is 1.97 bits per heavy atom. The maximum absolute atomic E-state index is 13.4. The molecule has 0 aliphatic carbocycles. The van der Waals surface area contributed by atoms with E-state index in [4.69, 9.17) is 9.47 Å². The molecule has 8 nitrogen and oxygen atoms in total. The van der Waals surface area contributed by atoms with Crippen LogP contribution in [0, 0.1) is 6.92 Å². The number of fused-ring (bicyclic) bond motifs is 4. The van der Waals surface area contributed by atoms with Crippen LogP contribution in [0.4, 0.5) is 5.69 Å². The van der Waals surface area contributed by atoms with Crippen LogP contribution in [-0.4, -0.2) is 47.7 Å². The first-order valence-corrected chi connectivity index (χ1v) is 10.1. The summed E-state index contributed by atoms with van der Waals surface area (Å²) < 4.78 is 10.1. The summed E-state index contributed by atoms with van der Waals surface area (Å²) in [6, 6.07) is 8.81. The van der Waals surface area contributed by atoms with Crippen molar-refractivity contribution in [3.63, 3.8) is 0 Å². The van der Waals surface area contributed by atoms with Crippen LogP contribution in [0.3, 0.4) is 0 Å². The molecule has 1 amide bonds. The van der Waals surface area contributed by atoms with Crippen LogP contribution in [0.1, 0.15) is 32.0 Å². The highest BCUT2D eigenvalue weighted by Crippen LogP contribution is 2.40. The number of anilines is 1. The fourth-order valence-corrected chi connectivity index (χ4v) is 4.38. The molecule has 0 unspecified atom stereocenters. The molecule has 162 valence electrons. The molecule has 0 radical (unpaired) electrons. The number of carbonyl (C=O) groups is 2. The summed E-state index contributed by atoms with van der Waals surface area (Å²) in [6.07, 6.45) is 1.95. The Hall–Kier alpha value is -4.07. The standard InChI is InChI=1S/C24H21N3O5/c1-12-6-15(31-2)7-13-9-18(26-21(12)13)23(29)27-5-4-16-17-8-14(24(30)32-3)11-25-22(17)20(28)10-19(16)27/h6-11,26,28H,4-5H2,1-3H3. The second-order valence-corrected chi connectivity index (χ2v) is 7.80. The number of methoxy groups -OCH3 is 2. The van der Waals surface area contributed by atoms with Crippen LogP contribution in [0.25, 0.3) is 21.8 Å². The number of aryl methyl sites for hydroxylation is 1. The number of benzene rings is 2. The van der Waals surface area contributed by atoms with Crippen molar-refractivity contribution in [3.8, 4) is 11.5 Å². The summed E-state index contributed by atoms with van der Waals surface area (Å²) in [5, 5.41) is 12.1. The van der Waals surface area contributed by atoms with Gasteiger partial charge in [0.15, 0.2) is 0 Å². The molecular weight excluding hydrogens is 410 g/mol. The van der Waals surface area contributed by atoms with Gasteiger partial charge in [-0.1, -0.05) is 0 Å². The largest absolute Gasteiger partial charge is 0.506 e. The molecule has 1 aliphatic rings. The van der Waals surface area contributed by atoms with Gasteiger partial charge in [0, 0.05) is 35.1 Å². The maximum atomic E-state index is 13.4. The molecule has 8 heteroatoms. The monoisotopic (exact) mass is 431 g/mol. The number of pyridine rings is 1. The van der Waals surface area contributed by atoms with Gasteiger partial charge in [-0.15, -0.1) is 0 Å². The topological polar surface area (TPSA) is 105 Å². The predicted octanol–water partition coefficient (Wildman–Crippen LogP) is 3.73. The molecule has 0 spiro atoms. The van der Waals surface area contributed by atoms with Crippen molar-refractivity contribution in [1.82, 2.24) is 9.97 Å². The van der Waals surface area contributed by atoms with Crippen LogP contribution in [-0.2, 0) is 11.2 Å². The first kappa shape index (κ1) is 19.9. The van der Waals surface area contributed by atoms with E-state index < -0.39 is 5.97 Å². The fourth-order valence-electron chi connectivity index (χ4n) is 4.38. The quantitative estimate of drug-likeness (QED) is 0.479. The Morgan fingerprint density at radius 3 is 2.72 bits per heavy atom. The maximum Gasteiger partial charge on any atom is 0.339 e. The zero-order chi connectivity index (χ0) is 22.6. The SMILES string of the molecule is COC(=O)c1cnc2c(O)cc3c(c2c1)CCN3C(=O)c1cc2cc(OC)cc(C)c2[nH]1. The van der Waals surface area contributed by atoms with E-state index in [1.807, 2.05) is 25.1 Å². The lowest BCUT2D eigenvalue weighted by atomic mass is 10.0. The number of aromatic hydroxyl groups is 1. The molecule has 0 atom stereocenters. The van der Waals surface area contributed by atoms with Crippen LogP contribution in [0.5, 0.6) is 11.5 Å². The molecule has 2 aromatic carbocycles. The Labute approximate surface area is 183 Å². The van der Waals surface area contributed by atoms with E-state index in [0.29, 0.717) is 35.2 Å². The molecule has 0 saturated carbocycles. The van der Waals surface area contributed by atoms with E-state index >= 15 is 0 Å². The van der Waals surface area contributed by atoms with Gasteiger partial charge in [0.05, 0.1) is 25.5 Å². The summed E-state index contributed by atoms with van der Waals surface area (Å²) in [4.78, 5) is 34.5. The molecule has 1 aliphatic heterocycles. The molecule has 5 rings (SSSR count). The average Bonchev–Trinajstić information content (AvgIpc) is 3.42. The van der Waals surface area contributed by atoms with Gasteiger partial charge in [0.1, 0.15) is 22.7 Å². The van der Waals surface area contributed by atoms with Crippen molar-refractivity contribution in [2.45, 2.75) is 13.3 Å². The van der Waals surface area contributed by atoms with Gasteiger partial charge < -0.3 is 24.5 Å². The Kier molecular flexibility index (Phi) is 4.51. The molecule has 3 heterocycles. The lowest BCUT2D eigenvalue weighted by Gasteiger charge is -2.17. The molecule has 2 aromatic heterocycles. The number of rotatable bonds is 3. The van der Waals surface area contributed by atoms with E-state index in [1.165, 1.54) is 13.3 Å². The van der Waals surface area contributed by atoms with E-state index in [0.717, 1.165) is 27.8 Å². The van der Waals surface area contributed by atoms with E-state index in [1.54, 1.807) is 24.1 Å². The van der Waals surface area contributed by atoms with Crippen LogP contribution < -0.4 is 9.64 Å². The number of phenols is 1. The molecule has 0 saturated heterocycles. The molecule has 0 bridgehead atoms. The number of H-pyrrole nitrogens is 1. The van der Waals surface area contributed by atoms with Crippen LogP contribution in [0.15, 0.2) is 36.5 Å². The molecule has 2 N–H and O–H groups in total. The van der Waals surface area contributed by atoms with Crippen molar-refractivity contribution < 1.29 is 24.2 Å². The summed E-state index contributed by atoms with van der Waals surface area (Å²) in [5.74, 6) is -0.0302. The second-order valence-electron chi connectivity index (χ2n) is 7.80. The highest BCUT2D eigenvalue weighted by atomic mass is 16.5. The number of aromatic amines is 1. The van der Waals surface area contributed by atoms with Crippen molar-refractivity contribution in [3.05, 3.63) is 58.9 Å². The molecule has 32 heavy (non-hydrogen) atoms. The molecular formula is C24H21N3O5. The Balaban J connectivity index is 1.59. The molecule has 0 fully saturated rings. The lowest BCUT2D eigenvalue weighted by Crippen LogP contribution is -2.29. The third-order valence-corrected chi connectivity index (χ3v) is 5.95. The minimum atomic E-state index is -0.508. The van der Waals surface area contributed by atoms with Gasteiger partial charge in [-0.2, -0.15) is 0 Å². The van der Waals surface area contributed by atoms with Gasteiger partial charge in [0.2, 0.25) is 0 Å². The number of hydrogen-bond donors (Lipinski definition) is 2. The summed E-state index contributed by atoms with van der Waals surface area (Å²) in [6.45, 7) is 2.41. The zero-order valence-electron chi connectivity index (χ0n) is 17.9. The van der Waals surface area contributed by atoms with Crippen LogP contribution >= 0.6 is 0 Å². The zero-order valence-corrected chi connectivity index (χ0v) is 17.9. The van der Waals surface area contributed by atoms with Gasteiger partial charge in [-0.3, -0.25) is 9.78 Å². The summed E-state index contributed by atoms with van der Waals surface area (Å²) >= 11 is 0. The van der Waals surface area contributed by atoms with E-state index in [9.17, 15) is 14.7 Å². The Morgan fingerprint density at radius 1 is 1.16 bits per heavy atom. The lowest BCUT2D eigenvalue weighted by molar-refractivity contribution is 0.0600. The van der Waals surface area contributed by atoms with E-state index in [-0.39, 0.29) is 17.2 Å². The van der Waals surface area contributed by atoms with Gasteiger partial charge in [0.25, 0.3) is 5.91 Å². The third kappa shape index (κ3) is 2.95. The number of amides is 1. The number of nitrogens with zero attached hydrogens (tertiary/aromatic N) is 2. The third-order valence-electron chi connectivity index (χ3n) is 5.95. The number of carbonyl (C=O) groups excluding carboxylic acids is 2. The highest BCUT2D eigenvalue weighted by Gasteiger charge is 2.30. The highest BCUT2D eigenvalue weighted by molar-refractivity contribution is 6.11. The summed E-state index contributed by atoms with van der Waals surface area (Å²) in [7, 11) is 2.91. The van der Waals surface area contributed by atoms with Crippen LogP contribution in [0.2, 0.25) is 0 Å². The fraction of sp³-hybridized carbons (Fsp3) is 0.208. The minimum absolute atomic E-state index is 0.0490. The summed E-state index contributed by atoms with van der Waals surface area (Å²) in [5.41, 5.74) is 4.45. The first-order chi connectivity index (χ1) is 15.4. The normalized spacial score (nSPS) is 12.9. The minimum Gasteiger partial charge on any atom is -0.506 e. The molecule has 4 aromatic rings. The van der Waals surface area contributed by atoms with Crippen molar-refractivity contribution in [2.24, 2.45) is 0 Å². The number of aromatic nitrogens is 2. The number of esters is 1. The van der Waals surface area contributed by atoms with Gasteiger partial charge in [-0.05, 0) is 48.7 Å². The first-order valence-electron chi connectivity index (χ1n) is 10.1. The second kappa shape index (κ2) is 7.26. The van der Waals surface area contributed by atoms with Gasteiger partial charge in [-0.25, -0.2) is 4.79 Å². The average molecular weight is 431 g/mol. The smallest absolute Gasteiger partial charge is 0.339 e. The van der Waals surface area contributed by atoms with E-state index in [2.05, 4.69) is 9.97 Å².